The van der Waals surface area contributed by atoms with E-state index >= 15 is 0 Å². The normalized spacial score (nSPS) is 13.6. The van der Waals surface area contributed by atoms with Gasteiger partial charge >= 0.3 is 0 Å². The maximum absolute atomic E-state index is 9.88. The Bertz CT molecular complexity index is 89.3. The predicted molar refractivity (Wildman–Crippen MR) is 40.9 cm³/mol. The van der Waals surface area contributed by atoms with Gasteiger partial charge in [0.05, 0.1) is 12.7 Å². The number of hydrogen-bond donors (Lipinski definition) is 0. The largest absolute Gasteiger partial charge is 0.378 e. The molecule has 60 valence electrons. The molecular formula is C8H16O2. The molecule has 2 nitrogen and oxygen atoms in total. The van der Waals surface area contributed by atoms with Crippen molar-refractivity contribution in [2.75, 3.05) is 6.61 Å². The Balaban J connectivity index is 3.21. The van der Waals surface area contributed by atoms with Gasteiger partial charge in [0.1, 0.15) is 6.29 Å². The second-order valence-corrected chi connectivity index (χ2v) is 2.78. The maximum Gasteiger partial charge on any atom is 0.122 e. The van der Waals surface area contributed by atoms with Crippen LogP contribution in [0.2, 0.25) is 0 Å². The SMILES string of the molecule is CC(C)C(C)OCCC=O. The lowest BCUT2D eigenvalue weighted by molar-refractivity contribution is -0.109. The van der Waals surface area contributed by atoms with E-state index in [1.165, 1.54) is 0 Å². The highest BCUT2D eigenvalue weighted by Crippen LogP contribution is 2.04. The molecule has 0 aromatic carbocycles. The molecule has 0 spiro atoms. The molecule has 1 unspecified atom stereocenters. The quantitative estimate of drug-likeness (QED) is 0.433. The van der Waals surface area contributed by atoms with E-state index in [0.717, 1.165) is 6.29 Å². The summed E-state index contributed by atoms with van der Waals surface area (Å²) in [7, 11) is 0. The lowest BCUT2D eigenvalue weighted by Gasteiger charge is -2.15. The fourth-order valence-corrected chi connectivity index (χ4v) is 0.494. The monoisotopic (exact) mass is 144 g/mol. The fourth-order valence-electron chi connectivity index (χ4n) is 0.494. The van der Waals surface area contributed by atoms with Gasteiger partial charge in [-0.2, -0.15) is 0 Å². The predicted octanol–water partition coefficient (Wildman–Crippen LogP) is 1.64. The van der Waals surface area contributed by atoms with Crippen molar-refractivity contribution < 1.29 is 9.53 Å². The molecule has 0 amide bonds. The molecule has 0 rings (SSSR count). The van der Waals surface area contributed by atoms with Crippen molar-refractivity contribution in [1.82, 2.24) is 0 Å². The second kappa shape index (κ2) is 5.42. The highest BCUT2D eigenvalue weighted by molar-refractivity contribution is 5.49. The van der Waals surface area contributed by atoms with Crippen LogP contribution in [0.15, 0.2) is 0 Å². The first-order valence-electron chi connectivity index (χ1n) is 3.73. The van der Waals surface area contributed by atoms with Gasteiger partial charge in [0, 0.05) is 6.42 Å². The zero-order valence-corrected chi connectivity index (χ0v) is 6.96. The smallest absolute Gasteiger partial charge is 0.122 e. The molecule has 0 fully saturated rings. The molecule has 0 saturated carbocycles. The molecule has 0 heterocycles. The molecule has 10 heavy (non-hydrogen) atoms. The summed E-state index contributed by atoms with van der Waals surface area (Å²) in [6, 6.07) is 0. The summed E-state index contributed by atoms with van der Waals surface area (Å²) in [5.74, 6) is 0.534. The van der Waals surface area contributed by atoms with Gasteiger partial charge in [-0.15, -0.1) is 0 Å². The molecule has 0 aliphatic heterocycles. The van der Waals surface area contributed by atoms with Crippen LogP contribution >= 0.6 is 0 Å². The third-order valence-corrected chi connectivity index (χ3v) is 1.56. The van der Waals surface area contributed by atoms with E-state index in [4.69, 9.17) is 4.74 Å². The van der Waals surface area contributed by atoms with Crippen molar-refractivity contribution in [2.45, 2.75) is 33.3 Å². The van der Waals surface area contributed by atoms with Gasteiger partial charge in [-0.3, -0.25) is 0 Å². The van der Waals surface area contributed by atoms with Crippen LogP contribution in [0.4, 0.5) is 0 Å². The summed E-state index contributed by atoms with van der Waals surface area (Å²) in [4.78, 5) is 9.88. The van der Waals surface area contributed by atoms with Crippen molar-refractivity contribution in [3.63, 3.8) is 0 Å². The van der Waals surface area contributed by atoms with Crippen molar-refractivity contribution in [3.05, 3.63) is 0 Å². The second-order valence-electron chi connectivity index (χ2n) is 2.78. The first kappa shape index (κ1) is 9.63. The number of carbonyl (C=O) groups is 1. The standard InChI is InChI=1S/C8H16O2/c1-7(2)8(3)10-6-4-5-9/h5,7-8H,4,6H2,1-3H3. The summed E-state index contributed by atoms with van der Waals surface area (Å²) < 4.78 is 5.31. The molecule has 0 bridgehead atoms. The number of aldehydes is 1. The molecule has 0 aromatic heterocycles. The molecule has 1 atom stereocenters. The van der Waals surface area contributed by atoms with Gasteiger partial charge < -0.3 is 9.53 Å². The van der Waals surface area contributed by atoms with E-state index in [1.807, 2.05) is 6.92 Å². The molecule has 0 aliphatic rings. The average Bonchev–Trinajstić information content (AvgIpc) is 1.88. The van der Waals surface area contributed by atoms with Gasteiger partial charge in [0.25, 0.3) is 0 Å². The summed E-state index contributed by atoms with van der Waals surface area (Å²) in [5, 5.41) is 0. The fraction of sp³-hybridized carbons (Fsp3) is 0.875. The Morgan fingerprint density at radius 2 is 2.00 bits per heavy atom. The van der Waals surface area contributed by atoms with Crippen molar-refractivity contribution in [3.8, 4) is 0 Å². The van der Waals surface area contributed by atoms with Gasteiger partial charge in [-0.25, -0.2) is 0 Å². The number of ether oxygens (including phenoxy) is 1. The summed E-state index contributed by atoms with van der Waals surface area (Å²) in [6.45, 7) is 6.79. The zero-order valence-electron chi connectivity index (χ0n) is 6.96. The topological polar surface area (TPSA) is 26.3 Å². The first-order valence-corrected chi connectivity index (χ1v) is 3.73. The molecule has 2 heteroatoms. The molecule has 0 saturated heterocycles. The minimum Gasteiger partial charge on any atom is -0.378 e. The third kappa shape index (κ3) is 4.50. The Morgan fingerprint density at radius 3 is 2.40 bits per heavy atom. The molecular weight excluding hydrogens is 128 g/mol. The molecule has 0 radical (unpaired) electrons. The summed E-state index contributed by atoms with van der Waals surface area (Å²) in [6.07, 6.45) is 1.66. The molecule has 0 aliphatic carbocycles. The van der Waals surface area contributed by atoms with Crippen molar-refractivity contribution in [1.29, 1.82) is 0 Å². The van der Waals surface area contributed by atoms with Crippen LogP contribution in [0.1, 0.15) is 27.2 Å². The summed E-state index contributed by atoms with van der Waals surface area (Å²) in [5.41, 5.74) is 0. The van der Waals surface area contributed by atoms with Crippen LogP contribution in [-0.2, 0) is 9.53 Å². The lowest BCUT2D eigenvalue weighted by atomic mass is 10.1. The zero-order chi connectivity index (χ0) is 7.98. The van der Waals surface area contributed by atoms with E-state index in [2.05, 4.69) is 13.8 Å². The third-order valence-electron chi connectivity index (χ3n) is 1.56. The van der Waals surface area contributed by atoms with Crippen LogP contribution in [0.5, 0.6) is 0 Å². The Kier molecular flexibility index (Phi) is 5.22. The van der Waals surface area contributed by atoms with Crippen LogP contribution < -0.4 is 0 Å². The Morgan fingerprint density at radius 1 is 1.40 bits per heavy atom. The van der Waals surface area contributed by atoms with E-state index in [-0.39, 0.29) is 6.10 Å². The van der Waals surface area contributed by atoms with E-state index < -0.39 is 0 Å². The highest BCUT2D eigenvalue weighted by Gasteiger charge is 2.05. The van der Waals surface area contributed by atoms with Gasteiger partial charge in [-0.05, 0) is 12.8 Å². The lowest BCUT2D eigenvalue weighted by Crippen LogP contribution is -2.16. The number of rotatable bonds is 5. The van der Waals surface area contributed by atoms with Crippen LogP contribution in [0, 0.1) is 5.92 Å². The molecule has 0 aromatic rings. The molecule has 0 N–H and O–H groups in total. The van der Waals surface area contributed by atoms with Gasteiger partial charge in [-0.1, -0.05) is 13.8 Å². The Labute approximate surface area is 62.6 Å². The number of carbonyl (C=O) groups excluding carboxylic acids is 1. The van der Waals surface area contributed by atoms with Crippen LogP contribution in [0.3, 0.4) is 0 Å². The average molecular weight is 144 g/mol. The maximum atomic E-state index is 9.88. The Hall–Kier alpha value is -0.370. The van der Waals surface area contributed by atoms with Gasteiger partial charge in [0.15, 0.2) is 0 Å². The first-order chi connectivity index (χ1) is 4.68. The van der Waals surface area contributed by atoms with E-state index in [1.54, 1.807) is 0 Å². The van der Waals surface area contributed by atoms with Crippen molar-refractivity contribution in [2.24, 2.45) is 5.92 Å². The van der Waals surface area contributed by atoms with E-state index in [0.29, 0.717) is 18.9 Å². The summed E-state index contributed by atoms with van der Waals surface area (Å²) >= 11 is 0. The van der Waals surface area contributed by atoms with E-state index in [9.17, 15) is 4.79 Å². The number of hydrogen-bond acceptors (Lipinski definition) is 2. The van der Waals surface area contributed by atoms with Crippen molar-refractivity contribution >= 4 is 6.29 Å². The van der Waals surface area contributed by atoms with Crippen LogP contribution in [0.25, 0.3) is 0 Å². The van der Waals surface area contributed by atoms with Crippen LogP contribution in [-0.4, -0.2) is 19.0 Å². The van der Waals surface area contributed by atoms with Gasteiger partial charge in [0.2, 0.25) is 0 Å². The minimum absolute atomic E-state index is 0.264. The minimum atomic E-state index is 0.264. The highest BCUT2D eigenvalue weighted by atomic mass is 16.5.